The highest BCUT2D eigenvalue weighted by Crippen LogP contribution is 2.30. The van der Waals surface area contributed by atoms with E-state index in [-0.39, 0.29) is 13.2 Å². The predicted molar refractivity (Wildman–Crippen MR) is 116 cm³/mol. The van der Waals surface area contributed by atoms with E-state index in [0.717, 1.165) is 0 Å². The number of methoxy groups -OCH3 is 3. The number of hydrazone groups is 1. The summed E-state index contributed by atoms with van der Waals surface area (Å²) in [5.74, 6) is 0.982. The lowest BCUT2D eigenvalue weighted by atomic mass is 10.2. The molecule has 2 aromatic carbocycles. The van der Waals surface area contributed by atoms with Crippen LogP contribution >= 0.6 is 0 Å². The van der Waals surface area contributed by atoms with Crippen molar-refractivity contribution < 1.29 is 28.5 Å². The molecule has 2 amide bonds. The second-order valence-corrected chi connectivity index (χ2v) is 6.02. The summed E-state index contributed by atoms with van der Waals surface area (Å²) in [6, 6.07) is 9.98. The summed E-state index contributed by atoms with van der Waals surface area (Å²) >= 11 is 0. The van der Waals surface area contributed by atoms with Gasteiger partial charge >= 0.3 is 0 Å². The summed E-state index contributed by atoms with van der Waals surface area (Å²) in [5.41, 5.74) is 3.29. The minimum absolute atomic E-state index is 0.261. The average Bonchev–Trinajstić information content (AvgIpc) is 2.80. The first-order valence-electron chi connectivity index (χ1n) is 9.26. The Hall–Kier alpha value is -4.01. The van der Waals surface area contributed by atoms with Crippen molar-refractivity contribution in [2.45, 2.75) is 0 Å². The lowest BCUT2D eigenvalue weighted by Gasteiger charge is -2.11. The number of benzene rings is 2. The average molecular weight is 427 g/mol. The number of hydrogen-bond acceptors (Lipinski definition) is 7. The summed E-state index contributed by atoms with van der Waals surface area (Å²) in [6.45, 7) is 3.64. The second kappa shape index (κ2) is 11.9. The molecule has 9 heteroatoms. The van der Waals surface area contributed by atoms with Crippen LogP contribution in [0.1, 0.15) is 15.9 Å². The predicted octanol–water partition coefficient (Wildman–Crippen LogP) is 2.16. The van der Waals surface area contributed by atoms with E-state index in [9.17, 15) is 9.59 Å². The Morgan fingerprint density at radius 1 is 1.03 bits per heavy atom. The van der Waals surface area contributed by atoms with Crippen LogP contribution in [-0.2, 0) is 4.79 Å². The third-order valence-corrected chi connectivity index (χ3v) is 4.02. The molecule has 0 unspecified atom stereocenters. The van der Waals surface area contributed by atoms with E-state index in [1.165, 1.54) is 33.6 Å². The van der Waals surface area contributed by atoms with Gasteiger partial charge in [0.05, 0.1) is 34.1 Å². The zero-order valence-corrected chi connectivity index (χ0v) is 17.6. The standard InChI is InChI=1S/C22H25N3O6/c1-5-11-31-21-16(7-6-8-18(21)29-3)13-24-25-20(26)14-23-22(27)15-9-10-17(28-2)19(12-15)30-4/h5-10,12-13H,1,11,14H2,2-4H3,(H,23,27)(H,25,26)/b24-13+. The fourth-order valence-electron chi connectivity index (χ4n) is 2.55. The van der Waals surface area contributed by atoms with Crippen molar-refractivity contribution in [2.24, 2.45) is 5.10 Å². The number of nitrogens with zero attached hydrogens (tertiary/aromatic N) is 1. The molecule has 2 rings (SSSR count). The Morgan fingerprint density at radius 2 is 1.77 bits per heavy atom. The first kappa shape index (κ1) is 23.3. The van der Waals surface area contributed by atoms with Crippen LogP contribution in [0.15, 0.2) is 54.2 Å². The van der Waals surface area contributed by atoms with Crippen LogP contribution in [0.5, 0.6) is 23.0 Å². The van der Waals surface area contributed by atoms with Crippen LogP contribution in [0.25, 0.3) is 0 Å². The number of para-hydroxylation sites is 1. The third kappa shape index (κ3) is 6.49. The van der Waals surface area contributed by atoms with Crippen molar-refractivity contribution in [1.82, 2.24) is 10.7 Å². The number of rotatable bonds is 11. The number of hydrogen-bond donors (Lipinski definition) is 2. The SMILES string of the molecule is C=CCOc1c(/C=N/NC(=O)CNC(=O)c2ccc(OC)c(OC)c2)cccc1OC. The van der Waals surface area contributed by atoms with E-state index < -0.39 is 11.8 Å². The minimum Gasteiger partial charge on any atom is -0.493 e. The fraction of sp³-hybridized carbons (Fsp3) is 0.227. The molecule has 0 aliphatic heterocycles. The largest absolute Gasteiger partial charge is 0.493 e. The molecule has 2 aromatic rings. The third-order valence-electron chi connectivity index (χ3n) is 4.02. The smallest absolute Gasteiger partial charge is 0.259 e. The molecule has 2 N–H and O–H groups in total. The van der Waals surface area contributed by atoms with Gasteiger partial charge in [0.1, 0.15) is 6.61 Å². The Kier molecular flexibility index (Phi) is 8.90. The van der Waals surface area contributed by atoms with Crippen molar-refractivity contribution in [2.75, 3.05) is 34.5 Å². The maximum atomic E-state index is 12.3. The van der Waals surface area contributed by atoms with Crippen molar-refractivity contribution in [3.63, 3.8) is 0 Å². The number of carbonyl (C=O) groups is 2. The van der Waals surface area contributed by atoms with Crippen LogP contribution in [0.3, 0.4) is 0 Å². The van der Waals surface area contributed by atoms with Crippen molar-refractivity contribution >= 4 is 18.0 Å². The molecule has 0 radical (unpaired) electrons. The van der Waals surface area contributed by atoms with Crippen LogP contribution in [-0.4, -0.2) is 52.5 Å². The first-order chi connectivity index (χ1) is 15.0. The minimum atomic E-state index is -0.499. The van der Waals surface area contributed by atoms with Gasteiger partial charge in [0.2, 0.25) is 0 Å². The second-order valence-electron chi connectivity index (χ2n) is 6.02. The summed E-state index contributed by atoms with van der Waals surface area (Å²) in [5, 5.41) is 6.43. The molecular formula is C22H25N3O6. The highest BCUT2D eigenvalue weighted by atomic mass is 16.5. The van der Waals surface area contributed by atoms with Gasteiger partial charge in [-0.15, -0.1) is 0 Å². The summed E-state index contributed by atoms with van der Waals surface area (Å²) in [6.07, 6.45) is 3.03. The molecular weight excluding hydrogens is 402 g/mol. The summed E-state index contributed by atoms with van der Waals surface area (Å²) in [7, 11) is 4.50. The highest BCUT2D eigenvalue weighted by molar-refractivity contribution is 5.97. The van der Waals surface area contributed by atoms with Gasteiger partial charge in [-0.05, 0) is 30.3 Å². The quantitative estimate of drug-likeness (QED) is 0.323. The Labute approximate surface area is 180 Å². The summed E-state index contributed by atoms with van der Waals surface area (Å²) in [4.78, 5) is 24.3. The molecule has 0 bridgehead atoms. The van der Waals surface area contributed by atoms with E-state index >= 15 is 0 Å². The molecule has 0 aromatic heterocycles. The van der Waals surface area contributed by atoms with Gasteiger partial charge in [-0.25, -0.2) is 5.43 Å². The Bertz CT molecular complexity index is 958. The van der Waals surface area contributed by atoms with Crippen molar-refractivity contribution in [1.29, 1.82) is 0 Å². The highest BCUT2D eigenvalue weighted by Gasteiger charge is 2.12. The molecule has 9 nitrogen and oxygen atoms in total. The Balaban J connectivity index is 1.94. The van der Waals surface area contributed by atoms with Crippen LogP contribution in [0, 0.1) is 0 Å². The summed E-state index contributed by atoms with van der Waals surface area (Å²) < 4.78 is 21.2. The Morgan fingerprint density at radius 3 is 2.45 bits per heavy atom. The number of nitrogens with one attached hydrogen (secondary N) is 2. The van der Waals surface area contributed by atoms with E-state index in [0.29, 0.717) is 34.1 Å². The van der Waals surface area contributed by atoms with E-state index in [4.69, 9.17) is 18.9 Å². The van der Waals surface area contributed by atoms with Crippen LogP contribution < -0.4 is 29.7 Å². The molecule has 31 heavy (non-hydrogen) atoms. The molecule has 0 fully saturated rings. The topological polar surface area (TPSA) is 107 Å². The lowest BCUT2D eigenvalue weighted by Crippen LogP contribution is -2.34. The van der Waals surface area contributed by atoms with E-state index in [1.54, 1.807) is 36.4 Å². The van der Waals surface area contributed by atoms with Crippen molar-refractivity contribution in [3.05, 3.63) is 60.2 Å². The molecule has 164 valence electrons. The maximum absolute atomic E-state index is 12.3. The number of carbonyl (C=O) groups excluding carboxylic acids is 2. The zero-order valence-electron chi connectivity index (χ0n) is 17.6. The van der Waals surface area contributed by atoms with E-state index in [1.807, 2.05) is 0 Å². The van der Waals surface area contributed by atoms with Gasteiger partial charge in [0.15, 0.2) is 23.0 Å². The van der Waals surface area contributed by atoms with Gasteiger partial charge in [-0.1, -0.05) is 18.7 Å². The monoisotopic (exact) mass is 427 g/mol. The van der Waals surface area contributed by atoms with Crippen LogP contribution in [0.2, 0.25) is 0 Å². The number of amides is 2. The normalized spacial score (nSPS) is 10.3. The molecule has 0 saturated carbocycles. The molecule has 0 atom stereocenters. The fourth-order valence-corrected chi connectivity index (χ4v) is 2.55. The van der Waals surface area contributed by atoms with Gasteiger partial charge in [-0.2, -0.15) is 5.10 Å². The first-order valence-corrected chi connectivity index (χ1v) is 9.26. The van der Waals surface area contributed by atoms with Gasteiger partial charge in [-0.3, -0.25) is 9.59 Å². The molecule has 0 aliphatic carbocycles. The van der Waals surface area contributed by atoms with Gasteiger partial charge < -0.3 is 24.3 Å². The maximum Gasteiger partial charge on any atom is 0.259 e. The van der Waals surface area contributed by atoms with Gasteiger partial charge in [0, 0.05) is 11.1 Å². The lowest BCUT2D eigenvalue weighted by molar-refractivity contribution is -0.120. The molecule has 0 spiro atoms. The van der Waals surface area contributed by atoms with Crippen LogP contribution in [0.4, 0.5) is 0 Å². The molecule has 0 aliphatic rings. The van der Waals surface area contributed by atoms with Crippen molar-refractivity contribution in [3.8, 4) is 23.0 Å². The van der Waals surface area contributed by atoms with Gasteiger partial charge in [0.25, 0.3) is 11.8 Å². The van der Waals surface area contributed by atoms with E-state index in [2.05, 4.69) is 22.4 Å². The molecule has 0 heterocycles. The molecule has 0 saturated heterocycles. The number of ether oxygens (including phenoxy) is 4. The zero-order chi connectivity index (χ0) is 22.6.